The first kappa shape index (κ1) is 14.4. The molecule has 3 rings (SSSR count). The first-order chi connectivity index (χ1) is 10.2. The predicted molar refractivity (Wildman–Crippen MR) is 80.1 cm³/mol. The highest BCUT2D eigenvalue weighted by Crippen LogP contribution is 2.23. The normalized spacial score (nSPS) is 25.6. The van der Waals surface area contributed by atoms with Gasteiger partial charge in [-0.2, -0.15) is 5.10 Å². The van der Waals surface area contributed by atoms with E-state index in [1.165, 1.54) is 6.42 Å². The predicted octanol–water partition coefficient (Wildman–Crippen LogP) is 1.53. The topological polar surface area (TPSA) is 68.2 Å². The van der Waals surface area contributed by atoms with E-state index in [1.807, 2.05) is 6.20 Å². The van der Waals surface area contributed by atoms with Gasteiger partial charge < -0.3 is 15.4 Å². The van der Waals surface area contributed by atoms with E-state index in [-0.39, 0.29) is 5.91 Å². The Morgan fingerprint density at radius 3 is 3.00 bits per heavy atom. The molecule has 2 aliphatic carbocycles. The molecular weight excluding hydrogens is 268 g/mol. The van der Waals surface area contributed by atoms with Crippen LogP contribution in [-0.4, -0.2) is 41.0 Å². The van der Waals surface area contributed by atoms with Gasteiger partial charge >= 0.3 is 0 Å². The van der Waals surface area contributed by atoms with Crippen molar-refractivity contribution in [3.8, 4) is 0 Å². The molecular formula is C15H24N4O2. The summed E-state index contributed by atoms with van der Waals surface area (Å²) in [7, 11) is 1.78. The molecule has 1 amide bonds. The van der Waals surface area contributed by atoms with Crippen molar-refractivity contribution in [1.29, 1.82) is 0 Å². The third kappa shape index (κ3) is 4.20. The van der Waals surface area contributed by atoms with E-state index < -0.39 is 0 Å². The van der Waals surface area contributed by atoms with Gasteiger partial charge in [0.2, 0.25) is 5.91 Å². The lowest BCUT2D eigenvalue weighted by atomic mass is 9.93. The fraction of sp³-hybridized carbons (Fsp3) is 0.733. The number of hydrogen-bond donors (Lipinski definition) is 2. The lowest BCUT2D eigenvalue weighted by molar-refractivity contribution is -0.122. The van der Waals surface area contributed by atoms with Gasteiger partial charge in [0.1, 0.15) is 6.54 Å². The van der Waals surface area contributed by atoms with E-state index in [9.17, 15) is 4.79 Å². The quantitative estimate of drug-likeness (QED) is 0.834. The molecule has 2 fully saturated rings. The molecule has 6 heteroatoms. The van der Waals surface area contributed by atoms with Crippen molar-refractivity contribution in [2.45, 2.75) is 63.3 Å². The summed E-state index contributed by atoms with van der Waals surface area (Å²) in [6, 6.07) is 0.834. The van der Waals surface area contributed by atoms with Gasteiger partial charge in [-0.05, 0) is 38.5 Å². The van der Waals surface area contributed by atoms with E-state index in [4.69, 9.17) is 4.74 Å². The van der Waals surface area contributed by atoms with E-state index in [1.54, 1.807) is 18.0 Å². The summed E-state index contributed by atoms with van der Waals surface area (Å²) >= 11 is 0. The lowest BCUT2D eigenvalue weighted by Crippen LogP contribution is -2.31. The molecule has 2 N–H and O–H groups in total. The minimum Gasteiger partial charge on any atom is -0.381 e. The molecule has 0 bridgehead atoms. The van der Waals surface area contributed by atoms with Gasteiger partial charge in [-0.25, -0.2) is 0 Å². The highest BCUT2D eigenvalue weighted by atomic mass is 16.5. The molecule has 2 saturated carbocycles. The molecule has 2 unspecified atom stereocenters. The van der Waals surface area contributed by atoms with Crippen molar-refractivity contribution >= 4 is 11.6 Å². The number of ether oxygens (including phenoxy) is 1. The first-order valence-electron chi connectivity index (χ1n) is 7.84. The number of anilines is 1. The molecule has 1 aromatic heterocycles. The molecule has 2 atom stereocenters. The van der Waals surface area contributed by atoms with Crippen molar-refractivity contribution in [3.63, 3.8) is 0 Å². The summed E-state index contributed by atoms with van der Waals surface area (Å²) in [6.45, 7) is 0.295. The van der Waals surface area contributed by atoms with Crippen LogP contribution in [0.4, 0.5) is 5.69 Å². The molecule has 116 valence electrons. The van der Waals surface area contributed by atoms with Crippen molar-refractivity contribution in [2.75, 3.05) is 12.4 Å². The Labute approximate surface area is 125 Å². The molecule has 2 aliphatic rings. The molecule has 0 spiro atoms. The summed E-state index contributed by atoms with van der Waals surface area (Å²) in [5, 5.41) is 10.7. The van der Waals surface area contributed by atoms with E-state index >= 15 is 0 Å². The number of aromatic nitrogens is 2. The van der Waals surface area contributed by atoms with Crippen LogP contribution in [0.1, 0.15) is 38.5 Å². The van der Waals surface area contributed by atoms with Crippen molar-refractivity contribution < 1.29 is 9.53 Å². The zero-order valence-corrected chi connectivity index (χ0v) is 12.5. The fourth-order valence-electron chi connectivity index (χ4n) is 2.90. The van der Waals surface area contributed by atoms with Gasteiger partial charge in [0.25, 0.3) is 0 Å². The molecule has 1 heterocycles. The van der Waals surface area contributed by atoms with Crippen LogP contribution in [0.25, 0.3) is 0 Å². The molecule has 0 aromatic carbocycles. The summed E-state index contributed by atoms with van der Waals surface area (Å²) in [4.78, 5) is 11.7. The maximum atomic E-state index is 11.7. The monoisotopic (exact) mass is 292 g/mol. The molecule has 6 nitrogen and oxygen atoms in total. The highest BCUT2D eigenvalue weighted by Gasteiger charge is 2.24. The van der Waals surface area contributed by atoms with Crippen molar-refractivity contribution in [3.05, 3.63) is 12.4 Å². The minimum atomic E-state index is 0.0456. The maximum absolute atomic E-state index is 11.7. The second kappa shape index (κ2) is 6.47. The Hall–Kier alpha value is -1.56. The van der Waals surface area contributed by atoms with Gasteiger partial charge in [-0.15, -0.1) is 0 Å². The van der Waals surface area contributed by atoms with Crippen molar-refractivity contribution in [1.82, 2.24) is 15.1 Å². The van der Waals surface area contributed by atoms with Gasteiger partial charge in [0, 0.05) is 25.4 Å². The number of carbonyl (C=O) groups excluding carboxylic acids is 1. The third-order valence-electron chi connectivity index (χ3n) is 4.21. The fourth-order valence-corrected chi connectivity index (χ4v) is 2.90. The minimum absolute atomic E-state index is 0.0456. The number of carbonyl (C=O) groups is 1. The number of hydrogen-bond acceptors (Lipinski definition) is 4. The van der Waals surface area contributed by atoms with Crippen LogP contribution < -0.4 is 10.6 Å². The van der Waals surface area contributed by atoms with Gasteiger partial charge in [0.15, 0.2) is 0 Å². The van der Waals surface area contributed by atoms with Gasteiger partial charge in [-0.3, -0.25) is 9.48 Å². The Morgan fingerprint density at radius 2 is 2.24 bits per heavy atom. The second-order valence-electron chi connectivity index (χ2n) is 6.13. The van der Waals surface area contributed by atoms with Gasteiger partial charge in [-0.1, -0.05) is 0 Å². The Balaban J connectivity index is 1.48. The van der Waals surface area contributed by atoms with Crippen LogP contribution in [-0.2, 0) is 16.1 Å². The number of rotatable bonds is 6. The zero-order chi connectivity index (χ0) is 14.7. The van der Waals surface area contributed by atoms with Crippen LogP contribution in [0.15, 0.2) is 12.4 Å². The standard InChI is InChI=1S/C15H24N4O2/c1-21-14-4-2-3-12(7-14)17-13-8-16-19(9-13)10-15(20)18-11-5-6-11/h8-9,11-12,14,17H,2-7,10H2,1H3,(H,18,20). The Bertz CT molecular complexity index is 484. The molecule has 21 heavy (non-hydrogen) atoms. The smallest absolute Gasteiger partial charge is 0.241 e. The number of nitrogens with zero attached hydrogens (tertiary/aromatic N) is 2. The van der Waals surface area contributed by atoms with Crippen LogP contribution in [0.3, 0.4) is 0 Å². The highest BCUT2D eigenvalue weighted by molar-refractivity contribution is 5.76. The zero-order valence-electron chi connectivity index (χ0n) is 12.5. The molecule has 1 aromatic rings. The average Bonchev–Trinajstić information content (AvgIpc) is 3.18. The molecule has 0 aliphatic heterocycles. The summed E-state index contributed by atoms with van der Waals surface area (Å²) in [5.74, 6) is 0.0456. The number of amides is 1. The van der Waals surface area contributed by atoms with Crippen LogP contribution in [0.5, 0.6) is 0 Å². The van der Waals surface area contributed by atoms with Crippen LogP contribution in [0.2, 0.25) is 0 Å². The third-order valence-corrected chi connectivity index (χ3v) is 4.21. The maximum Gasteiger partial charge on any atom is 0.241 e. The molecule has 0 saturated heterocycles. The lowest BCUT2D eigenvalue weighted by Gasteiger charge is -2.29. The largest absolute Gasteiger partial charge is 0.381 e. The van der Waals surface area contributed by atoms with E-state index in [2.05, 4.69) is 15.7 Å². The van der Waals surface area contributed by atoms with E-state index in [0.29, 0.717) is 24.7 Å². The summed E-state index contributed by atoms with van der Waals surface area (Å²) in [5.41, 5.74) is 0.982. The summed E-state index contributed by atoms with van der Waals surface area (Å²) < 4.78 is 7.14. The Morgan fingerprint density at radius 1 is 1.38 bits per heavy atom. The first-order valence-corrected chi connectivity index (χ1v) is 7.84. The van der Waals surface area contributed by atoms with Gasteiger partial charge in [0.05, 0.1) is 18.0 Å². The molecule has 0 radical (unpaired) electrons. The van der Waals surface area contributed by atoms with E-state index in [0.717, 1.165) is 37.8 Å². The van der Waals surface area contributed by atoms with Crippen LogP contribution in [0, 0.1) is 0 Å². The average molecular weight is 292 g/mol. The van der Waals surface area contributed by atoms with Crippen molar-refractivity contribution in [2.24, 2.45) is 0 Å². The van der Waals surface area contributed by atoms with Crippen LogP contribution >= 0.6 is 0 Å². The summed E-state index contributed by atoms with van der Waals surface area (Å²) in [6.07, 6.45) is 10.8. The Kier molecular flexibility index (Phi) is 4.43. The number of nitrogens with one attached hydrogen (secondary N) is 2. The number of methoxy groups -OCH3 is 1. The SMILES string of the molecule is COC1CCCC(Nc2cnn(CC(=O)NC3CC3)c2)C1. The second-order valence-corrected chi connectivity index (χ2v) is 6.13.